The number of thiophene rings is 1. The summed E-state index contributed by atoms with van der Waals surface area (Å²) in [4.78, 5) is 5.44. The molecule has 168 valence electrons. The Balaban J connectivity index is 1.68. The van der Waals surface area contributed by atoms with Crippen LogP contribution < -0.4 is 25.8 Å². The van der Waals surface area contributed by atoms with Crippen LogP contribution >= 0.6 is 11.3 Å². The third-order valence-electron chi connectivity index (χ3n) is 5.43. The van der Waals surface area contributed by atoms with Gasteiger partial charge in [-0.15, -0.1) is 11.3 Å². The van der Waals surface area contributed by atoms with Gasteiger partial charge in [-0.3, -0.25) is 0 Å². The molecule has 0 fully saturated rings. The highest BCUT2D eigenvalue weighted by atomic mass is 32.1. The summed E-state index contributed by atoms with van der Waals surface area (Å²) in [6.45, 7) is 0.790. The molecule has 0 unspecified atom stereocenters. The number of hydrogen-bond acceptors (Lipinski definition) is 8. The number of rotatable bonds is 8. The van der Waals surface area contributed by atoms with Crippen molar-refractivity contribution in [1.82, 2.24) is 10.3 Å². The van der Waals surface area contributed by atoms with Gasteiger partial charge in [-0.25, -0.2) is 4.98 Å². The third kappa shape index (κ3) is 4.47. The van der Waals surface area contributed by atoms with Gasteiger partial charge in [0, 0.05) is 28.4 Å². The summed E-state index contributed by atoms with van der Waals surface area (Å²) in [5.41, 5.74) is 10.5. The minimum absolute atomic E-state index is 0.449. The number of pyridine rings is 1. The van der Waals surface area contributed by atoms with Crippen LogP contribution in [-0.4, -0.2) is 26.3 Å². The Morgan fingerprint density at radius 3 is 2.55 bits per heavy atom. The minimum Gasteiger partial charge on any atom is -0.493 e. The van der Waals surface area contributed by atoms with Crippen LogP contribution in [0.4, 0.5) is 5.82 Å². The highest BCUT2D eigenvalue weighted by Crippen LogP contribution is 2.37. The van der Waals surface area contributed by atoms with E-state index in [4.69, 9.17) is 15.2 Å². The van der Waals surface area contributed by atoms with Crippen LogP contribution in [0.25, 0.3) is 21.9 Å². The van der Waals surface area contributed by atoms with E-state index in [1.807, 2.05) is 25.2 Å². The summed E-state index contributed by atoms with van der Waals surface area (Å²) in [6, 6.07) is 16.2. The molecule has 0 saturated heterocycles. The summed E-state index contributed by atoms with van der Waals surface area (Å²) in [7, 11) is 5.08. The fourth-order valence-electron chi connectivity index (χ4n) is 3.79. The van der Waals surface area contributed by atoms with Gasteiger partial charge in [-0.1, -0.05) is 24.3 Å². The summed E-state index contributed by atoms with van der Waals surface area (Å²) in [5.74, 6) is 1.67. The second-order valence-electron chi connectivity index (χ2n) is 7.43. The van der Waals surface area contributed by atoms with E-state index in [9.17, 15) is 5.26 Å². The zero-order chi connectivity index (χ0) is 23.4. The maximum absolute atomic E-state index is 9.54. The predicted molar refractivity (Wildman–Crippen MR) is 133 cm³/mol. The molecular weight excluding hydrogens is 434 g/mol. The number of aromatic nitrogens is 1. The number of nitrogens with two attached hydrogens (primary N) is 1. The van der Waals surface area contributed by atoms with Crippen molar-refractivity contribution < 1.29 is 9.47 Å². The molecule has 0 spiro atoms. The summed E-state index contributed by atoms with van der Waals surface area (Å²) >= 11 is 1.59. The fraction of sp³-hybridized carbons (Fsp3) is 0.200. The van der Waals surface area contributed by atoms with Gasteiger partial charge in [0.25, 0.3) is 0 Å². The molecular formula is C25H25N5O2S. The van der Waals surface area contributed by atoms with E-state index < -0.39 is 6.17 Å². The average molecular weight is 460 g/mol. The Bertz CT molecular complexity index is 1330. The quantitative estimate of drug-likeness (QED) is 0.330. The van der Waals surface area contributed by atoms with Gasteiger partial charge in [-0.2, -0.15) is 5.26 Å². The summed E-state index contributed by atoms with van der Waals surface area (Å²) in [6.07, 6.45) is 1.06. The fourth-order valence-corrected chi connectivity index (χ4v) is 4.65. The number of hydrogen-bond donors (Lipinski definition) is 3. The molecule has 0 radical (unpaired) electrons. The van der Waals surface area contributed by atoms with Gasteiger partial charge in [0.15, 0.2) is 11.5 Å². The average Bonchev–Trinajstić information content (AvgIpc) is 3.34. The number of ether oxygens (including phenoxy) is 2. The lowest BCUT2D eigenvalue weighted by atomic mass is 10.0. The number of nitrogens with zero attached hydrogens (tertiary/aromatic N) is 2. The van der Waals surface area contributed by atoms with Crippen LogP contribution in [0.1, 0.15) is 22.2 Å². The van der Waals surface area contributed by atoms with E-state index in [2.05, 4.69) is 45.3 Å². The van der Waals surface area contributed by atoms with Crippen LogP contribution in [-0.2, 0) is 6.54 Å². The van der Waals surface area contributed by atoms with Crippen LogP contribution in [0.15, 0.2) is 54.0 Å². The molecule has 33 heavy (non-hydrogen) atoms. The molecule has 0 saturated carbocycles. The zero-order valence-corrected chi connectivity index (χ0v) is 19.5. The lowest BCUT2D eigenvalue weighted by molar-refractivity contribution is 0.356. The molecule has 2 aromatic carbocycles. The lowest BCUT2D eigenvalue weighted by Crippen LogP contribution is -2.19. The van der Waals surface area contributed by atoms with Crippen molar-refractivity contribution in [2.45, 2.75) is 12.7 Å². The maximum atomic E-state index is 9.54. The molecule has 7 nitrogen and oxygen atoms in total. The van der Waals surface area contributed by atoms with Crippen molar-refractivity contribution in [3.8, 4) is 28.7 Å². The Morgan fingerprint density at radius 2 is 1.85 bits per heavy atom. The van der Waals surface area contributed by atoms with Crippen LogP contribution in [0, 0.1) is 11.3 Å². The van der Waals surface area contributed by atoms with E-state index in [0.717, 1.165) is 22.4 Å². The number of benzene rings is 2. The Kier molecular flexibility index (Phi) is 6.75. The van der Waals surface area contributed by atoms with Gasteiger partial charge in [-0.05, 0) is 47.3 Å². The smallest absolute Gasteiger partial charge is 0.161 e. The van der Waals surface area contributed by atoms with E-state index in [0.29, 0.717) is 28.3 Å². The molecule has 4 aromatic rings. The van der Waals surface area contributed by atoms with E-state index in [1.165, 1.54) is 17.3 Å². The number of nitrogens with one attached hydrogen (secondary N) is 2. The molecule has 8 heteroatoms. The third-order valence-corrected chi connectivity index (χ3v) is 6.44. The monoisotopic (exact) mass is 459 g/mol. The zero-order valence-electron chi connectivity index (χ0n) is 18.7. The van der Waals surface area contributed by atoms with E-state index in [-0.39, 0.29) is 0 Å². The molecule has 0 aliphatic rings. The maximum Gasteiger partial charge on any atom is 0.161 e. The summed E-state index contributed by atoms with van der Waals surface area (Å²) in [5, 5.41) is 19.6. The van der Waals surface area contributed by atoms with Crippen molar-refractivity contribution in [2.75, 3.05) is 26.6 Å². The van der Waals surface area contributed by atoms with Crippen molar-refractivity contribution in [2.24, 2.45) is 5.73 Å². The molecule has 0 aliphatic heterocycles. The van der Waals surface area contributed by atoms with Crippen molar-refractivity contribution >= 4 is 27.9 Å². The largest absolute Gasteiger partial charge is 0.493 e. The molecule has 2 aromatic heterocycles. The number of anilines is 1. The highest BCUT2D eigenvalue weighted by Gasteiger charge is 2.17. The second kappa shape index (κ2) is 9.88. The molecule has 0 aliphatic carbocycles. The molecule has 0 amide bonds. The molecule has 0 bridgehead atoms. The topological polar surface area (TPSA) is 105 Å². The number of nitriles is 1. The van der Waals surface area contributed by atoms with Gasteiger partial charge in [0.05, 0.1) is 19.8 Å². The first-order chi connectivity index (χ1) is 16.1. The van der Waals surface area contributed by atoms with Crippen LogP contribution in [0.5, 0.6) is 11.5 Å². The van der Waals surface area contributed by atoms with Crippen molar-refractivity contribution in [3.05, 3.63) is 70.0 Å². The van der Waals surface area contributed by atoms with Crippen molar-refractivity contribution in [1.29, 1.82) is 5.26 Å². The van der Waals surface area contributed by atoms with Gasteiger partial charge in [0.1, 0.15) is 18.1 Å². The van der Waals surface area contributed by atoms with Gasteiger partial charge in [0.2, 0.25) is 0 Å². The van der Waals surface area contributed by atoms with Crippen molar-refractivity contribution in [3.63, 3.8) is 0 Å². The van der Waals surface area contributed by atoms with E-state index >= 15 is 0 Å². The Hall–Kier alpha value is -3.64. The first-order valence-corrected chi connectivity index (χ1v) is 11.3. The normalized spacial score (nSPS) is 11.7. The van der Waals surface area contributed by atoms with E-state index in [1.54, 1.807) is 31.6 Å². The number of methoxy groups -OCH3 is 2. The molecule has 1 atom stereocenters. The minimum atomic E-state index is -0.475. The van der Waals surface area contributed by atoms with Gasteiger partial charge >= 0.3 is 0 Å². The van der Waals surface area contributed by atoms with Crippen LogP contribution in [0.2, 0.25) is 0 Å². The molecule has 4 N–H and O–H groups in total. The first kappa shape index (κ1) is 22.6. The highest BCUT2D eigenvalue weighted by molar-refractivity contribution is 7.10. The summed E-state index contributed by atoms with van der Waals surface area (Å²) < 4.78 is 10.9. The second-order valence-corrected chi connectivity index (χ2v) is 8.38. The Morgan fingerprint density at radius 1 is 1.12 bits per heavy atom. The molecule has 2 heterocycles. The standard InChI is InChI=1S/C25H25N5O2S/c1-28-12-15-6-4-5-7-18(15)16-8-23(33-14-16)24(27)30-25-20-10-22(32-3)21(31-2)9-19(20)17(11-26)13-29-25/h4-10,13-14,24,28H,12,27H2,1-3H3,(H,29,30)/t24-/m0/s1. The number of fused-ring (bicyclic) bond motifs is 1. The molecule has 4 rings (SSSR count). The lowest BCUT2D eigenvalue weighted by Gasteiger charge is -2.17. The first-order valence-electron chi connectivity index (χ1n) is 10.4. The SMILES string of the molecule is CNCc1ccccc1-c1csc([C@@H](N)Nc2ncc(C#N)c3cc(OC)c(OC)cc23)c1. The predicted octanol–water partition coefficient (Wildman–Crippen LogP) is 4.64. The Labute approximate surface area is 196 Å². The van der Waals surface area contributed by atoms with Crippen LogP contribution in [0.3, 0.4) is 0 Å². The van der Waals surface area contributed by atoms with Gasteiger partial charge < -0.3 is 25.8 Å².